The van der Waals surface area contributed by atoms with Gasteiger partial charge < -0.3 is 10.1 Å². The Morgan fingerprint density at radius 1 is 1.44 bits per heavy atom. The van der Waals surface area contributed by atoms with E-state index in [2.05, 4.69) is 37.9 Å². The highest BCUT2D eigenvalue weighted by Crippen LogP contribution is 2.27. The maximum atomic E-state index is 5.57. The van der Waals surface area contributed by atoms with E-state index in [1.165, 1.54) is 6.42 Å². The molecule has 0 bridgehead atoms. The minimum Gasteiger partial charge on any atom is -0.378 e. The zero-order valence-corrected chi connectivity index (χ0v) is 11.6. The standard InChI is InChI=1S/C13H28N2O/c1-6-13(4,9-14-5)10-15-7-8-16-11-12(15,2)3/h14H,6-11H2,1-5H3. The van der Waals surface area contributed by atoms with Gasteiger partial charge in [0.25, 0.3) is 0 Å². The van der Waals surface area contributed by atoms with Crippen LogP contribution >= 0.6 is 0 Å². The second-order valence-electron chi connectivity index (χ2n) is 5.98. The first-order chi connectivity index (χ1) is 7.43. The van der Waals surface area contributed by atoms with Crippen molar-refractivity contribution in [1.82, 2.24) is 10.2 Å². The number of nitrogens with zero attached hydrogens (tertiary/aromatic N) is 1. The van der Waals surface area contributed by atoms with Gasteiger partial charge in [0.1, 0.15) is 0 Å². The fraction of sp³-hybridized carbons (Fsp3) is 1.00. The predicted octanol–water partition coefficient (Wildman–Crippen LogP) is 1.73. The minimum absolute atomic E-state index is 0.183. The summed E-state index contributed by atoms with van der Waals surface area (Å²) in [6.45, 7) is 14.2. The first-order valence-corrected chi connectivity index (χ1v) is 6.41. The van der Waals surface area contributed by atoms with Gasteiger partial charge in [0, 0.05) is 25.2 Å². The first kappa shape index (κ1) is 13.9. The third-order valence-electron chi connectivity index (χ3n) is 3.85. The number of morpholine rings is 1. The Labute approximate surface area is 101 Å². The topological polar surface area (TPSA) is 24.5 Å². The van der Waals surface area contributed by atoms with Crippen LogP contribution in [0.25, 0.3) is 0 Å². The van der Waals surface area contributed by atoms with Crippen molar-refractivity contribution in [2.24, 2.45) is 5.41 Å². The van der Waals surface area contributed by atoms with Crippen molar-refractivity contribution in [3.8, 4) is 0 Å². The van der Waals surface area contributed by atoms with Crippen molar-refractivity contribution >= 4 is 0 Å². The summed E-state index contributed by atoms with van der Waals surface area (Å²) in [5.74, 6) is 0. The maximum absolute atomic E-state index is 5.57. The normalized spacial score (nSPS) is 25.3. The Bertz CT molecular complexity index is 218. The predicted molar refractivity (Wildman–Crippen MR) is 68.8 cm³/mol. The molecule has 0 aromatic carbocycles. The van der Waals surface area contributed by atoms with Crippen LogP contribution in [0.5, 0.6) is 0 Å². The summed E-state index contributed by atoms with van der Waals surface area (Å²) in [7, 11) is 2.04. The SMILES string of the molecule is CCC(C)(CNC)CN1CCOCC1(C)C. The van der Waals surface area contributed by atoms with Crippen LogP contribution < -0.4 is 5.32 Å². The van der Waals surface area contributed by atoms with E-state index in [1.807, 2.05) is 7.05 Å². The molecule has 1 aliphatic rings. The van der Waals surface area contributed by atoms with Gasteiger partial charge in [-0.2, -0.15) is 0 Å². The van der Waals surface area contributed by atoms with Crippen molar-refractivity contribution in [2.45, 2.75) is 39.7 Å². The van der Waals surface area contributed by atoms with E-state index in [9.17, 15) is 0 Å². The molecule has 0 aromatic rings. The molecule has 96 valence electrons. The van der Waals surface area contributed by atoms with E-state index < -0.39 is 0 Å². The van der Waals surface area contributed by atoms with E-state index in [4.69, 9.17) is 4.74 Å². The molecule has 0 aliphatic carbocycles. The Hall–Kier alpha value is -0.120. The van der Waals surface area contributed by atoms with Crippen molar-refractivity contribution in [3.63, 3.8) is 0 Å². The summed E-state index contributed by atoms with van der Waals surface area (Å²) in [4.78, 5) is 2.58. The lowest BCUT2D eigenvalue weighted by atomic mass is 9.85. The molecule has 1 rings (SSSR count). The monoisotopic (exact) mass is 228 g/mol. The average molecular weight is 228 g/mol. The Balaban J connectivity index is 2.62. The van der Waals surface area contributed by atoms with E-state index in [1.54, 1.807) is 0 Å². The third kappa shape index (κ3) is 3.44. The average Bonchev–Trinajstić information content (AvgIpc) is 2.22. The van der Waals surface area contributed by atoms with E-state index in [-0.39, 0.29) is 5.54 Å². The number of ether oxygens (including phenoxy) is 1. The van der Waals surface area contributed by atoms with Gasteiger partial charge in [-0.1, -0.05) is 13.8 Å². The molecule has 0 aromatic heterocycles. The van der Waals surface area contributed by atoms with Gasteiger partial charge in [-0.15, -0.1) is 0 Å². The molecule has 1 aliphatic heterocycles. The van der Waals surface area contributed by atoms with E-state index in [0.717, 1.165) is 32.8 Å². The lowest BCUT2D eigenvalue weighted by Gasteiger charge is -2.46. The summed E-state index contributed by atoms with van der Waals surface area (Å²) in [5.41, 5.74) is 0.547. The van der Waals surface area contributed by atoms with Crippen molar-refractivity contribution in [1.29, 1.82) is 0 Å². The van der Waals surface area contributed by atoms with Crippen LogP contribution in [0.3, 0.4) is 0 Å². The van der Waals surface area contributed by atoms with Gasteiger partial charge in [0.15, 0.2) is 0 Å². The third-order valence-corrected chi connectivity index (χ3v) is 3.85. The first-order valence-electron chi connectivity index (χ1n) is 6.41. The van der Waals surface area contributed by atoms with Gasteiger partial charge in [-0.25, -0.2) is 0 Å². The summed E-state index contributed by atoms with van der Waals surface area (Å²) >= 11 is 0. The second kappa shape index (κ2) is 5.48. The molecule has 1 saturated heterocycles. The highest BCUT2D eigenvalue weighted by Gasteiger charge is 2.35. The Kier molecular flexibility index (Phi) is 4.77. The molecule has 1 heterocycles. The van der Waals surface area contributed by atoms with Gasteiger partial charge in [-0.3, -0.25) is 4.90 Å². The molecule has 0 radical (unpaired) electrons. The van der Waals surface area contributed by atoms with Crippen LogP contribution in [0.4, 0.5) is 0 Å². The van der Waals surface area contributed by atoms with Gasteiger partial charge in [0.2, 0.25) is 0 Å². The molecule has 1 unspecified atom stereocenters. The zero-order valence-electron chi connectivity index (χ0n) is 11.6. The molecule has 0 spiro atoms. The number of nitrogens with one attached hydrogen (secondary N) is 1. The molecule has 0 saturated carbocycles. The highest BCUT2D eigenvalue weighted by molar-refractivity contribution is 4.89. The molecule has 1 N–H and O–H groups in total. The fourth-order valence-corrected chi connectivity index (χ4v) is 2.36. The quantitative estimate of drug-likeness (QED) is 0.775. The van der Waals surface area contributed by atoms with Gasteiger partial charge in [-0.05, 0) is 32.7 Å². The van der Waals surface area contributed by atoms with Gasteiger partial charge >= 0.3 is 0 Å². The van der Waals surface area contributed by atoms with Crippen LogP contribution in [0, 0.1) is 5.41 Å². The Morgan fingerprint density at radius 3 is 2.62 bits per heavy atom. The lowest BCUT2D eigenvalue weighted by molar-refractivity contribution is -0.0665. The van der Waals surface area contributed by atoms with Crippen LogP contribution in [-0.4, -0.2) is 50.3 Å². The highest BCUT2D eigenvalue weighted by atomic mass is 16.5. The summed E-state index contributed by atoms with van der Waals surface area (Å²) in [6.07, 6.45) is 1.21. The van der Waals surface area contributed by atoms with Crippen molar-refractivity contribution in [3.05, 3.63) is 0 Å². The van der Waals surface area contributed by atoms with E-state index >= 15 is 0 Å². The second-order valence-corrected chi connectivity index (χ2v) is 5.98. The van der Waals surface area contributed by atoms with Crippen LogP contribution in [0.2, 0.25) is 0 Å². The van der Waals surface area contributed by atoms with E-state index in [0.29, 0.717) is 5.41 Å². The zero-order chi connectivity index (χ0) is 12.2. The van der Waals surface area contributed by atoms with Crippen LogP contribution in [-0.2, 0) is 4.74 Å². The molecule has 1 atom stereocenters. The molecular weight excluding hydrogens is 200 g/mol. The Morgan fingerprint density at radius 2 is 2.12 bits per heavy atom. The number of rotatable bonds is 5. The maximum Gasteiger partial charge on any atom is 0.0645 e. The number of hydrogen-bond acceptors (Lipinski definition) is 3. The molecule has 3 nitrogen and oxygen atoms in total. The van der Waals surface area contributed by atoms with Gasteiger partial charge in [0.05, 0.1) is 13.2 Å². The fourth-order valence-electron chi connectivity index (χ4n) is 2.36. The molecular formula is C13H28N2O. The molecule has 3 heteroatoms. The summed E-state index contributed by atoms with van der Waals surface area (Å²) < 4.78 is 5.57. The summed E-state index contributed by atoms with van der Waals surface area (Å²) in [6, 6.07) is 0. The smallest absolute Gasteiger partial charge is 0.0645 e. The van der Waals surface area contributed by atoms with Crippen molar-refractivity contribution < 1.29 is 4.74 Å². The lowest BCUT2D eigenvalue weighted by Crippen LogP contribution is -2.56. The van der Waals surface area contributed by atoms with Crippen molar-refractivity contribution in [2.75, 3.05) is 39.9 Å². The molecule has 16 heavy (non-hydrogen) atoms. The summed E-state index contributed by atoms with van der Waals surface area (Å²) in [5, 5.41) is 3.32. The van der Waals surface area contributed by atoms with Crippen LogP contribution in [0.1, 0.15) is 34.1 Å². The largest absolute Gasteiger partial charge is 0.378 e. The van der Waals surface area contributed by atoms with Crippen LogP contribution in [0.15, 0.2) is 0 Å². The number of hydrogen-bond donors (Lipinski definition) is 1. The molecule has 1 fully saturated rings. The molecule has 0 amide bonds. The minimum atomic E-state index is 0.183.